The molecule has 2 rings (SSSR count). The Balaban J connectivity index is 1.72. The van der Waals surface area contributed by atoms with Crippen LogP contribution in [0.4, 0.5) is 0 Å². The van der Waals surface area contributed by atoms with Gasteiger partial charge in [-0.25, -0.2) is 0 Å². The summed E-state index contributed by atoms with van der Waals surface area (Å²) in [5.74, 6) is 0.841. The highest BCUT2D eigenvalue weighted by Crippen LogP contribution is 2.22. The Morgan fingerprint density at radius 3 is 2.22 bits per heavy atom. The molecule has 1 aromatic rings. The van der Waals surface area contributed by atoms with Gasteiger partial charge in [-0.15, -0.1) is 0 Å². The predicted molar refractivity (Wildman–Crippen MR) is 78.9 cm³/mol. The van der Waals surface area contributed by atoms with E-state index in [1.807, 2.05) is 0 Å². The SMILES string of the molecule is CC(C)CCCC(C)NC1Cc2ccccc2C1. The highest BCUT2D eigenvalue weighted by Gasteiger charge is 2.21. The smallest absolute Gasteiger partial charge is 0.0150 e. The summed E-state index contributed by atoms with van der Waals surface area (Å²) in [6.07, 6.45) is 6.45. The van der Waals surface area contributed by atoms with Gasteiger partial charge in [0.25, 0.3) is 0 Å². The van der Waals surface area contributed by atoms with Crippen LogP contribution in [0.25, 0.3) is 0 Å². The van der Waals surface area contributed by atoms with E-state index in [2.05, 4.69) is 50.4 Å². The Morgan fingerprint density at radius 1 is 1.06 bits per heavy atom. The number of rotatable bonds is 6. The molecular weight excluding hydrogens is 218 g/mol. The zero-order chi connectivity index (χ0) is 13.0. The quantitative estimate of drug-likeness (QED) is 0.800. The average Bonchev–Trinajstić information content (AvgIpc) is 2.70. The minimum atomic E-state index is 0.656. The lowest BCUT2D eigenvalue weighted by atomic mass is 10.0. The maximum Gasteiger partial charge on any atom is 0.0150 e. The van der Waals surface area contributed by atoms with Gasteiger partial charge in [0.15, 0.2) is 0 Å². The number of fused-ring (bicyclic) bond motifs is 1. The van der Waals surface area contributed by atoms with Crippen LogP contribution in [0.1, 0.15) is 51.2 Å². The number of hydrogen-bond donors (Lipinski definition) is 1. The Hall–Kier alpha value is -0.820. The van der Waals surface area contributed by atoms with Crippen molar-refractivity contribution >= 4 is 0 Å². The first-order valence-corrected chi connectivity index (χ1v) is 7.48. The molecule has 1 N–H and O–H groups in total. The summed E-state index contributed by atoms with van der Waals surface area (Å²) in [5, 5.41) is 3.80. The predicted octanol–water partition coefficient (Wildman–Crippen LogP) is 3.96. The summed E-state index contributed by atoms with van der Waals surface area (Å²) in [6.45, 7) is 6.96. The standard InChI is InChI=1S/C17H27N/c1-13(2)7-6-8-14(3)18-17-11-15-9-4-5-10-16(15)12-17/h4-5,9-10,13-14,17-18H,6-8,11-12H2,1-3H3. The molecule has 0 heterocycles. The van der Waals surface area contributed by atoms with Gasteiger partial charge in [0.05, 0.1) is 0 Å². The summed E-state index contributed by atoms with van der Waals surface area (Å²) in [5.41, 5.74) is 3.09. The van der Waals surface area contributed by atoms with Crippen molar-refractivity contribution in [2.45, 2.75) is 65.0 Å². The minimum absolute atomic E-state index is 0.656. The Labute approximate surface area is 112 Å². The minimum Gasteiger partial charge on any atom is -0.311 e. The molecule has 0 fully saturated rings. The van der Waals surface area contributed by atoms with E-state index in [-0.39, 0.29) is 0 Å². The first-order valence-electron chi connectivity index (χ1n) is 7.48. The van der Waals surface area contributed by atoms with E-state index in [9.17, 15) is 0 Å². The molecule has 1 nitrogen and oxygen atoms in total. The molecule has 18 heavy (non-hydrogen) atoms. The molecule has 1 atom stereocenters. The van der Waals surface area contributed by atoms with Crippen LogP contribution in [0, 0.1) is 5.92 Å². The van der Waals surface area contributed by atoms with Gasteiger partial charge >= 0.3 is 0 Å². The fourth-order valence-corrected chi connectivity index (χ4v) is 2.99. The fourth-order valence-electron chi connectivity index (χ4n) is 2.99. The van der Waals surface area contributed by atoms with Gasteiger partial charge in [-0.1, -0.05) is 51.0 Å². The van der Waals surface area contributed by atoms with Crippen molar-refractivity contribution in [2.24, 2.45) is 5.92 Å². The third kappa shape index (κ3) is 3.84. The van der Waals surface area contributed by atoms with Crippen LogP contribution in [0.2, 0.25) is 0 Å². The molecular formula is C17H27N. The van der Waals surface area contributed by atoms with Gasteiger partial charge in [0.2, 0.25) is 0 Å². The summed E-state index contributed by atoms with van der Waals surface area (Å²) in [4.78, 5) is 0. The highest BCUT2D eigenvalue weighted by molar-refractivity contribution is 5.33. The van der Waals surface area contributed by atoms with E-state index in [0.717, 1.165) is 5.92 Å². The Bertz CT molecular complexity index is 345. The van der Waals surface area contributed by atoms with Crippen LogP contribution >= 0.6 is 0 Å². The van der Waals surface area contributed by atoms with Gasteiger partial charge in [0, 0.05) is 12.1 Å². The number of hydrogen-bond acceptors (Lipinski definition) is 1. The lowest BCUT2D eigenvalue weighted by Gasteiger charge is -2.19. The third-order valence-corrected chi connectivity index (χ3v) is 3.99. The maximum absolute atomic E-state index is 3.80. The molecule has 0 aliphatic heterocycles. The van der Waals surface area contributed by atoms with E-state index in [1.165, 1.54) is 32.1 Å². The summed E-state index contributed by atoms with van der Waals surface area (Å²) in [6, 6.07) is 10.2. The first kappa shape index (κ1) is 13.6. The maximum atomic E-state index is 3.80. The van der Waals surface area contributed by atoms with E-state index >= 15 is 0 Å². The van der Waals surface area contributed by atoms with Crippen molar-refractivity contribution in [3.63, 3.8) is 0 Å². The topological polar surface area (TPSA) is 12.0 Å². The van der Waals surface area contributed by atoms with Crippen LogP contribution in [-0.2, 0) is 12.8 Å². The highest BCUT2D eigenvalue weighted by atomic mass is 14.9. The molecule has 0 saturated heterocycles. The summed E-state index contributed by atoms with van der Waals surface area (Å²) in [7, 11) is 0. The van der Waals surface area contributed by atoms with Crippen LogP contribution in [0.15, 0.2) is 24.3 Å². The van der Waals surface area contributed by atoms with Gasteiger partial charge in [0.1, 0.15) is 0 Å². The second-order valence-corrected chi connectivity index (χ2v) is 6.27. The normalized spacial score (nSPS) is 17.1. The Kier molecular flexibility index (Phi) is 4.82. The van der Waals surface area contributed by atoms with Crippen molar-refractivity contribution in [1.82, 2.24) is 5.32 Å². The summed E-state index contributed by atoms with van der Waals surface area (Å²) >= 11 is 0. The molecule has 1 aromatic carbocycles. The van der Waals surface area contributed by atoms with Crippen molar-refractivity contribution in [2.75, 3.05) is 0 Å². The second-order valence-electron chi connectivity index (χ2n) is 6.27. The Morgan fingerprint density at radius 2 is 1.67 bits per heavy atom. The zero-order valence-corrected chi connectivity index (χ0v) is 12.1. The van der Waals surface area contributed by atoms with E-state index < -0.39 is 0 Å². The third-order valence-electron chi connectivity index (χ3n) is 3.99. The molecule has 0 bridgehead atoms. The number of benzene rings is 1. The number of nitrogens with one attached hydrogen (secondary N) is 1. The molecule has 0 saturated carbocycles. The van der Waals surface area contributed by atoms with Crippen LogP contribution in [0.5, 0.6) is 0 Å². The molecule has 1 aliphatic carbocycles. The van der Waals surface area contributed by atoms with Gasteiger partial charge < -0.3 is 5.32 Å². The second kappa shape index (κ2) is 6.38. The molecule has 0 radical (unpaired) electrons. The molecule has 0 aromatic heterocycles. The van der Waals surface area contributed by atoms with Crippen molar-refractivity contribution in [3.05, 3.63) is 35.4 Å². The van der Waals surface area contributed by atoms with E-state index in [1.54, 1.807) is 11.1 Å². The van der Waals surface area contributed by atoms with E-state index in [0.29, 0.717) is 12.1 Å². The molecule has 100 valence electrons. The summed E-state index contributed by atoms with van der Waals surface area (Å²) < 4.78 is 0. The van der Waals surface area contributed by atoms with Crippen LogP contribution in [0.3, 0.4) is 0 Å². The molecule has 1 unspecified atom stereocenters. The molecule has 1 heteroatoms. The zero-order valence-electron chi connectivity index (χ0n) is 12.1. The molecule has 1 aliphatic rings. The van der Waals surface area contributed by atoms with Gasteiger partial charge in [-0.3, -0.25) is 0 Å². The fraction of sp³-hybridized carbons (Fsp3) is 0.647. The molecule has 0 amide bonds. The first-order chi connectivity index (χ1) is 8.65. The lowest BCUT2D eigenvalue weighted by molar-refractivity contribution is 0.411. The lowest BCUT2D eigenvalue weighted by Crippen LogP contribution is -2.37. The van der Waals surface area contributed by atoms with Crippen molar-refractivity contribution < 1.29 is 0 Å². The van der Waals surface area contributed by atoms with Crippen LogP contribution < -0.4 is 5.32 Å². The van der Waals surface area contributed by atoms with E-state index in [4.69, 9.17) is 0 Å². The van der Waals surface area contributed by atoms with Crippen molar-refractivity contribution in [1.29, 1.82) is 0 Å². The average molecular weight is 245 g/mol. The largest absolute Gasteiger partial charge is 0.311 e. The molecule has 0 spiro atoms. The van der Waals surface area contributed by atoms with Crippen molar-refractivity contribution in [3.8, 4) is 0 Å². The monoisotopic (exact) mass is 245 g/mol. The van der Waals surface area contributed by atoms with Gasteiger partial charge in [-0.2, -0.15) is 0 Å². The van der Waals surface area contributed by atoms with Crippen LogP contribution in [-0.4, -0.2) is 12.1 Å². The van der Waals surface area contributed by atoms with Gasteiger partial charge in [-0.05, 0) is 43.2 Å².